The maximum Gasteiger partial charge on any atom is 0.0453 e. The van der Waals surface area contributed by atoms with E-state index in [1.165, 1.54) is 10.4 Å². The molecular weight excluding hydrogens is 285 g/mol. The Balaban J connectivity index is 2.29. The molecule has 1 atom stereocenters. The Morgan fingerprint density at radius 1 is 1.22 bits per heavy atom. The maximum absolute atomic E-state index is 6.22. The first-order chi connectivity index (χ1) is 8.63. The molecule has 0 aliphatic heterocycles. The van der Waals surface area contributed by atoms with E-state index in [-0.39, 0.29) is 6.04 Å². The minimum Gasteiger partial charge on any atom is -0.313 e. The van der Waals surface area contributed by atoms with Crippen LogP contribution in [0.3, 0.4) is 0 Å². The molecule has 0 aliphatic rings. The molecule has 0 spiro atoms. The second kappa shape index (κ2) is 6.07. The average Bonchev–Trinajstić information content (AvgIpc) is 2.76. The van der Waals surface area contributed by atoms with Crippen molar-refractivity contribution in [3.05, 3.63) is 55.7 Å². The molecule has 0 saturated heterocycles. The largest absolute Gasteiger partial charge is 0.313 e. The van der Waals surface area contributed by atoms with Crippen LogP contribution >= 0.6 is 34.5 Å². The highest BCUT2D eigenvalue weighted by atomic mass is 35.5. The van der Waals surface area contributed by atoms with Gasteiger partial charge in [-0.1, -0.05) is 29.3 Å². The molecule has 0 amide bonds. The van der Waals surface area contributed by atoms with Gasteiger partial charge in [-0.15, -0.1) is 11.3 Å². The van der Waals surface area contributed by atoms with Gasteiger partial charge in [0.2, 0.25) is 0 Å². The Morgan fingerprint density at radius 2 is 1.89 bits per heavy atom. The monoisotopic (exact) mass is 299 g/mol. The van der Waals surface area contributed by atoms with E-state index in [4.69, 9.17) is 23.2 Å². The van der Waals surface area contributed by atoms with Crippen molar-refractivity contribution in [3.63, 3.8) is 0 Å². The molecule has 1 N–H and O–H groups in total. The van der Waals surface area contributed by atoms with Crippen molar-refractivity contribution < 1.29 is 0 Å². The van der Waals surface area contributed by atoms with Crippen molar-refractivity contribution in [3.8, 4) is 0 Å². The molecular formula is C14H15Cl2NS. The van der Waals surface area contributed by atoms with Crippen LogP contribution in [0.1, 0.15) is 22.0 Å². The first-order valence-corrected chi connectivity index (χ1v) is 7.41. The van der Waals surface area contributed by atoms with E-state index in [1.807, 2.05) is 25.2 Å². The summed E-state index contributed by atoms with van der Waals surface area (Å²) in [5.74, 6) is 0. The van der Waals surface area contributed by atoms with E-state index >= 15 is 0 Å². The lowest BCUT2D eigenvalue weighted by Gasteiger charge is -2.18. The van der Waals surface area contributed by atoms with E-state index < -0.39 is 0 Å². The lowest BCUT2D eigenvalue weighted by molar-refractivity contribution is 0.591. The highest BCUT2D eigenvalue weighted by molar-refractivity contribution is 7.10. The molecule has 1 aromatic heterocycles. The molecule has 0 saturated carbocycles. The molecule has 1 aromatic carbocycles. The third-order valence-corrected chi connectivity index (χ3v) is 4.66. The van der Waals surface area contributed by atoms with E-state index in [2.05, 4.69) is 23.7 Å². The van der Waals surface area contributed by atoms with Crippen molar-refractivity contribution in [1.29, 1.82) is 0 Å². The Labute approximate surface area is 122 Å². The highest BCUT2D eigenvalue weighted by Crippen LogP contribution is 2.31. The molecule has 1 heterocycles. The van der Waals surface area contributed by atoms with E-state index in [9.17, 15) is 0 Å². The van der Waals surface area contributed by atoms with Crippen LogP contribution in [0.4, 0.5) is 0 Å². The third kappa shape index (κ3) is 2.89. The van der Waals surface area contributed by atoms with Crippen LogP contribution in [0.15, 0.2) is 29.6 Å². The van der Waals surface area contributed by atoms with Gasteiger partial charge < -0.3 is 5.32 Å². The summed E-state index contributed by atoms with van der Waals surface area (Å²) in [6, 6.07) is 8.05. The van der Waals surface area contributed by atoms with Gasteiger partial charge in [0.05, 0.1) is 0 Å². The standard InChI is InChI=1S/C14H15Cl2NS/c1-9-10(6-7-18-9)14(17-2)8-11-12(15)4-3-5-13(11)16/h3-7,14,17H,8H2,1-2H3. The van der Waals surface area contributed by atoms with Gasteiger partial charge in [0.25, 0.3) is 0 Å². The SMILES string of the molecule is CNC(Cc1c(Cl)cccc1Cl)c1ccsc1C. The van der Waals surface area contributed by atoms with E-state index in [0.717, 1.165) is 22.0 Å². The molecule has 0 radical (unpaired) electrons. The number of nitrogens with one attached hydrogen (secondary N) is 1. The molecule has 1 unspecified atom stereocenters. The number of hydrogen-bond acceptors (Lipinski definition) is 2. The topological polar surface area (TPSA) is 12.0 Å². The zero-order valence-electron chi connectivity index (χ0n) is 10.3. The van der Waals surface area contributed by atoms with Crippen molar-refractivity contribution in [2.75, 3.05) is 7.05 Å². The Morgan fingerprint density at radius 3 is 2.39 bits per heavy atom. The van der Waals surface area contributed by atoms with E-state index in [0.29, 0.717) is 0 Å². The fraction of sp³-hybridized carbons (Fsp3) is 0.286. The van der Waals surface area contributed by atoms with Gasteiger partial charge in [0.15, 0.2) is 0 Å². The van der Waals surface area contributed by atoms with Gasteiger partial charge in [-0.2, -0.15) is 0 Å². The van der Waals surface area contributed by atoms with Gasteiger partial charge in [-0.3, -0.25) is 0 Å². The lowest BCUT2D eigenvalue weighted by Crippen LogP contribution is -2.19. The second-order valence-corrected chi connectivity index (χ2v) is 6.11. The maximum atomic E-state index is 6.22. The Hall–Kier alpha value is -0.540. The van der Waals surface area contributed by atoms with Crippen molar-refractivity contribution >= 4 is 34.5 Å². The molecule has 2 rings (SSSR count). The van der Waals surface area contributed by atoms with Crippen LogP contribution in [0.25, 0.3) is 0 Å². The number of aryl methyl sites for hydroxylation is 1. The highest BCUT2D eigenvalue weighted by Gasteiger charge is 2.16. The summed E-state index contributed by atoms with van der Waals surface area (Å²) >= 11 is 14.2. The molecule has 2 aromatic rings. The van der Waals surface area contributed by atoms with E-state index in [1.54, 1.807) is 11.3 Å². The molecule has 1 nitrogen and oxygen atoms in total. The first kappa shape index (κ1) is 13.9. The number of benzene rings is 1. The lowest BCUT2D eigenvalue weighted by atomic mass is 9.99. The molecule has 4 heteroatoms. The van der Waals surface area contributed by atoms with Crippen LogP contribution in [-0.4, -0.2) is 7.05 Å². The molecule has 0 fully saturated rings. The van der Waals surface area contributed by atoms with Crippen molar-refractivity contribution in [2.45, 2.75) is 19.4 Å². The summed E-state index contributed by atoms with van der Waals surface area (Å²) in [5.41, 5.74) is 2.32. The van der Waals surface area contributed by atoms with Gasteiger partial charge in [-0.25, -0.2) is 0 Å². The third-order valence-electron chi connectivity index (χ3n) is 3.09. The van der Waals surface area contributed by atoms with Gasteiger partial charge in [0, 0.05) is 21.0 Å². The summed E-state index contributed by atoms with van der Waals surface area (Å²) in [4.78, 5) is 1.33. The van der Waals surface area contributed by atoms with Crippen LogP contribution in [0, 0.1) is 6.92 Å². The fourth-order valence-electron chi connectivity index (χ4n) is 2.06. The van der Waals surface area contributed by atoms with Crippen molar-refractivity contribution in [1.82, 2.24) is 5.32 Å². The normalized spacial score (nSPS) is 12.7. The number of thiophene rings is 1. The fourth-order valence-corrected chi connectivity index (χ4v) is 3.37. The predicted molar refractivity (Wildman–Crippen MR) is 81.0 cm³/mol. The Bertz CT molecular complexity index is 516. The predicted octanol–water partition coefficient (Wildman–Crippen LogP) is 4.87. The smallest absolute Gasteiger partial charge is 0.0453 e. The minimum atomic E-state index is 0.244. The summed E-state index contributed by atoms with van der Waals surface area (Å²) < 4.78 is 0. The number of hydrogen-bond donors (Lipinski definition) is 1. The van der Waals surface area contributed by atoms with Crippen LogP contribution in [0.5, 0.6) is 0 Å². The van der Waals surface area contributed by atoms with Crippen LogP contribution < -0.4 is 5.32 Å². The van der Waals surface area contributed by atoms with Crippen LogP contribution in [0.2, 0.25) is 10.0 Å². The molecule has 18 heavy (non-hydrogen) atoms. The summed E-state index contributed by atoms with van der Waals surface area (Å²) in [6.45, 7) is 2.14. The quantitative estimate of drug-likeness (QED) is 0.849. The Kier molecular flexibility index (Phi) is 4.68. The average molecular weight is 300 g/mol. The molecule has 0 aliphatic carbocycles. The number of likely N-dealkylation sites (N-methyl/N-ethyl adjacent to an activating group) is 1. The van der Waals surface area contributed by atoms with Gasteiger partial charge in [-0.05, 0) is 55.1 Å². The summed E-state index contributed by atoms with van der Waals surface area (Å²) in [6.07, 6.45) is 0.798. The van der Waals surface area contributed by atoms with Gasteiger partial charge in [0.1, 0.15) is 0 Å². The summed E-state index contributed by atoms with van der Waals surface area (Å²) in [7, 11) is 1.96. The van der Waals surface area contributed by atoms with Crippen LogP contribution in [-0.2, 0) is 6.42 Å². The minimum absolute atomic E-state index is 0.244. The first-order valence-electron chi connectivity index (χ1n) is 5.77. The number of halogens is 2. The van der Waals surface area contributed by atoms with Gasteiger partial charge >= 0.3 is 0 Å². The van der Waals surface area contributed by atoms with Crippen molar-refractivity contribution in [2.24, 2.45) is 0 Å². The summed E-state index contributed by atoms with van der Waals surface area (Å²) in [5, 5.41) is 6.92. The second-order valence-electron chi connectivity index (χ2n) is 4.18. The number of rotatable bonds is 4. The zero-order valence-corrected chi connectivity index (χ0v) is 12.7. The molecule has 0 bridgehead atoms. The zero-order chi connectivity index (χ0) is 13.1. The molecule has 96 valence electrons.